The maximum absolute atomic E-state index is 13.5. The number of imidazole rings is 1. The van der Waals surface area contributed by atoms with Gasteiger partial charge in [0, 0.05) is 31.9 Å². The molecular formula is C23H24F2N8O2. The van der Waals surface area contributed by atoms with Crippen molar-refractivity contribution in [2.45, 2.75) is 25.5 Å². The van der Waals surface area contributed by atoms with Crippen molar-refractivity contribution in [1.82, 2.24) is 24.5 Å². The van der Waals surface area contributed by atoms with Crippen molar-refractivity contribution >= 4 is 23.4 Å². The van der Waals surface area contributed by atoms with Gasteiger partial charge in [0.05, 0.1) is 48.6 Å². The third-order valence-electron chi connectivity index (χ3n) is 7.01. The minimum Gasteiger partial charge on any atom is -0.356 e. The number of pyridine rings is 1. The number of nitrogens with one attached hydrogen (secondary N) is 1. The monoisotopic (exact) mass is 482 g/mol. The summed E-state index contributed by atoms with van der Waals surface area (Å²) >= 11 is 0. The number of rotatable bonds is 5. The fourth-order valence-electron chi connectivity index (χ4n) is 4.85. The van der Waals surface area contributed by atoms with Crippen molar-refractivity contribution < 1.29 is 18.3 Å². The Morgan fingerprint density at radius 1 is 1.20 bits per heavy atom. The maximum atomic E-state index is 13.5. The number of aromatic nitrogens is 5. The van der Waals surface area contributed by atoms with Gasteiger partial charge in [-0.1, -0.05) is 0 Å². The first kappa shape index (κ1) is 21.8. The van der Waals surface area contributed by atoms with Crippen LogP contribution in [0.25, 0.3) is 11.3 Å². The van der Waals surface area contributed by atoms with Crippen LogP contribution in [0.3, 0.4) is 0 Å². The third-order valence-corrected chi connectivity index (χ3v) is 7.01. The molecule has 3 aliphatic rings. The van der Waals surface area contributed by atoms with Crippen LogP contribution in [0.5, 0.6) is 0 Å². The fourth-order valence-corrected chi connectivity index (χ4v) is 4.85. The van der Waals surface area contributed by atoms with E-state index in [0.717, 1.165) is 11.5 Å². The number of ether oxygens (including phenoxy) is 1. The molecule has 1 saturated carbocycles. The van der Waals surface area contributed by atoms with E-state index in [9.17, 15) is 13.6 Å². The molecule has 0 aromatic carbocycles. The van der Waals surface area contributed by atoms with Crippen molar-refractivity contribution in [2.24, 2.45) is 11.8 Å². The summed E-state index contributed by atoms with van der Waals surface area (Å²) in [6.07, 6.45) is 6.35. The molecule has 10 nitrogen and oxygen atoms in total. The average Bonchev–Trinajstić information content (AvgIpc) is 3.29. The number of halogens is 2. The van der Waals surface area contributed by atoms with Crippen molar-refractivity contribution in [3.63, 3.8) is 0 Å². The summed E-state index contributed by atoms with van der Waals surface area (Å²) in [7, 11) is 1.88. The first-order valence-electron chi connectivity index (χ1n) is 11.4. The van der Waals surface area contributed by atoms with Gasteiger partial charge in [-0.15, -0.1) is 0 Å². The molecule has 1 aliphatic carbocycles. The lowest BCUT2D eigenvalue weighted by Gasteiger charge is -2.25. The normalized spacial score (nSPS) is 23.0. The number of alkyl halides is 2. The Hall–Kier alpha value is -3.67. The van der Waals surface area contributed by atoms with Crippen molar-refractivity contribution in [2.75, 3.05) is 42.0 Å². The van der Waals surface area contributed by atoms with Crippen LogP contribution in [0.1, 0.15) is 18.7 Å². The zero-order chi connectivity index (χ0) is 24.3. The molecule has 35 heavy (non-hydrogen) atoms. The highest BCUT2D eigenvalue weighted by molar-refractivity contribution is 5.92. The topological polar surface area (TPSA) is 101 Å². The van der Waals surface area contributed by atoms with E-state index in [4.69, 9.17) is 4.74 Å². The average molecular weight is 482 g/mol. The highest BCUT2D eigenvalue weighted by Gasteiger charge is 2.71. The summed E-state index contributed by atoms with van der Waals surface area (Å²) in [5.74, 6) is -2.11. The molecule has 0 bridgehead atoms. The standard InChI is InChI=1S/C23H24F2N8O2/c1-13(33-11-28-21-18(33)10-35-12-31(21)2)22(34)30-19-7-26-6-17(29-19)14-3-4-20(27-5-14)32-8-15-16(9-32)23(15,24)25/h3-7,11,13,15-16H,8-10,12H2,1-2H3,(H,29,30,34)/t13-,15?,16?/m0/s1. The zero-order valence-corrected chi connectivity index (χ0v) is 19.2. The van der Waals surface area contributed by atoms with Crippen LogP contribution >= 0.6 is 0 Å². The molecule has 12 heteroatoms. The predicted octanol–water partition coefficient (Wildman–Crippen LogP) is 2.56. The van der Waals surface area contributed by atoms with Crippen LogP contribution in [0.15, 0.2) is 37.1 Å². The Kier molecular flexibility index (Phi) is 4.95. The second-order valence-electron chi connectivity index (χ2n) is 9.25. The number of carbonyl (C=O) groups is 1. The molecule has 1 N–H and O–H groups in total. The summed E-state index contributed by atoms with van der Waals surface area (Å²) in [5, 5.41) is 2.82. The van der Waals surface area contributed by atoms with E-state index in [2.05, 4.69) is 25.3 Å². The summed E-state index contributed by atoms with van der Waals surface area (Å²) < 4.78 is 34.3. The van der Waals surface area contributed by atoms with E-state index in [1.807, 2.05) is 22.9 Å². The highest BCUT2D eigenvalue weighted by Crippen LogP contribution is 2.59. The van der Waals surface area contributed by atoms with Gasteiger partial charge in [0.1, 0.15) is 18.6 Å². The van der Waals surface area contributed by atoms with Gasteiger partial charge in [-0.2, -0.15) is 0 Å². The lowest BCUT2D eigenvalue weighted by atomic mass is 10.2. The summed E-state index contributed by atoms with van der Waals surface area (Å²) in [4.78, 5) is 34.3. The highest BCUT2D eigenvalue weighted by atomic mass is 19.3. The lowest BCUT2D eigenvalue weighted by Crippen LogP contribution is -2.30. The van der Waals surface area contributed by atoms with E-state index in [-0.39, 0.29) is 5.91 Å². The molecule has 3 aromatic rings. The predicted molar refractivity (Wildman–Crippen MR) is 123 cm³/mol. The number of hydrogen-bond acceptors (Lipinski definition) is 8. The van der Waals surface area contributed by atoms with E-state index >= 15 is 0 Å². The Bertz CT molecular complexity index is 1270. The third kappa shape index (κ3) is 3.68. The zero-order valence-electron chi connectivity index (χ0n) is 19.2. The molecule has 1 amide bonds. The van der Waals surface area contributed by atoms with Gasteiger partial charge >= 0.3 is 0 Å². The second-order valence-corrected chi connectivity index (χ2v) is 9.25. The molecule has 1 saturated heterocycles. The van der Waals surface area contributed by atoms with E-state index in [0.29, 0.717) is 49.3 Å². The Morgan fingerprint density at radius 3 is 2.74 bits per heavy atom. The smallest absolute Gasteiger partial charge is 0.258 e. The molecule has 3 aromatic heterocycles. The summed E-state index contributed by atoms with van der Waals surface area (Å²) in [6.45, 7) is 3.27. The van der Waals surface area contributed by atoms with Crippen molar-refractivity contribution in [3.05, 3.63) is 42.7 Å². The fraction of sp³-hybridized carbons (Fsp3) is 0.435. The summed E-state index contributed by atoms with van der Waals surface area (Å²) in [5.41, 5.74) is 2.09. The van der Waals surface area contributed by atoms with Crippen molar-refractivity contribution in [1.29, 1.82) is 0 Å². The summed E-state index contributed by atoms with van der Waals surface area (Å²) in [6, 6.07) is 3.10. The van der Waals surface area contributed by atoms with Crippen LogP contribution in [0, 0.1) is 11.8 Å². The Labute approximate surface area is 200 Å². The van der Waals surface area contributed by atoms with E-state index < -0.39 is 23.8 Å². The van der Waals surface area contributed by atoms with Crippen molar-refractivity contribution in [3.8, 4) is 11.3 Å². The number of amides is 1. The molecule has 2 unspecified atom stereocenters. The van der Waals surface area contributed by atoms with Gasteiger partial charge in [0.2, 0.25) is 5.91 Å². The van der Waals surface area contributed by atoms with Crippen LogP contribution in [0.4, 0.5) is 26.2 Å². The van der Waals surface area contributed by atoms with Gasteiger partial charge in [-0.05, 0) is 19.1 Å². The van der Waals surface area contributed by atoms with E-state index in [1.165, 1.54) is 6.20 Å². The number of anilines is 3. The number of carbonyl (C=O) groups excluding carboxylic acids is 1. The van der Waals surface area contributed by atoms with Gasteiger partial charge in [0.25, 0.3) is 5.92 Å². The maximum Gasteiger partial charge on any atom is 0.258 e. The largest absolute Gasteiger partial charge is 0.356 e. The Balaban J connectivity index is 1.14. The SMILES string of the molecule is C[C@@H](C(=O)Nc1cncc(-c2ccc(N3CC4C(C3)C4(F)F)nc2)n1)n1cnc2c1COCN2C. The van der Waals surface area contributed by atoms with Gasteiger partial charge in [-0.25, -0.2) is 23.7 Å². The first-order chi connectivity index (χ1) is 16.8. The first-order valence-corrected chi connectivity index (χ1v) is 11.4. The minimum atomic E-state index is -2.52. The molecular weight excluding hydrogens is 458 g/mol. The van der Waals surface area contributed by atoms with Crippen LogP contribution in [-0.2, 0) is 16.1 Å². The molecule has 3 atom stereocenters. The number of piperidine rings is 1. The molecule has 182 valence electrons. The van der Waals surface area contributed by atoms with Gasteiger partial charge in [-0.3, -0.25) is 9.78 Å². The van der Waals surface area contributed by atoms with Crippen LogP contribution < -0.4 is 15.1 Å². The van der Waals surface area contributed by atoms with Gasteiger partial charge < -0.3 is 24.4 Å². The molecule has 5 heterocycles. The minimum absolute atomic E-state index is 0.261. The quantitative estimate of drug-likeness (QED) is 0.592. The number of hydrogen-bond donors (Lipinski definition) is 1. The van der Waals surface area contributed by atoms with Crippen LogP contribution in [-0.4, -0.2) is 63.2 Å². The second kappa shape index (κ2) is 7.94. The molecule has 0 radical (unpaired) electrons. The molecule has 2 fully saturated rings. The Morgan fingerprint density at radius 2 is 2.00 bits per heavy atom. The molecule has 6 rings (SSSR count). The van der Waals surface area contributed by atoms with Crippen LogP contribution in [0.2, 0.25) is 0 Å². The lowest BCUT2D eigenvalue weighted by molar-refractivity contribution is -0.118. The van der Waals surface area contributed by atoms with Gasteiger partial charge in [0.15, 0.2) is 11.6 Å². The van der Waals surface area contributed by atoms with E-state index in [1.54, 1.807) is 36.3 Å². The number of fused-ring (bicyclic) bond motifs is 2. The number of nitrogens with zero attached hydrogens (tertiary/aromatic N) is 7. The molecule has 2 aliphatic heterocycles. The molecule has 0 spiro atoms.